The van der Waals surface area contributed by atoms with E-state index in [-0.39, 0.29) is 17.7 Å². The van der Waals surface area contributed by atoms with Crippen LogP contribution >= 0.6 is 0 Å². The predicted octanol–water partition coefficient (Wildman–Crippen LogP) is 3.45. The van der Waals surface area contributed by atoms with Crippen molar-refractivity contribution >= 4 is 17.6 Å². The number of rotatable bonds is 9. The van der Waals surface area contributed by atoms with Crippen LogP contribution in [0.2, 0.25) is 0 Å². The molecular weight excluding hydrogens is 340 g/mol. The molecule has 1 atom stereocenters. The Hall–Kier alpha value is -2.63. The van der Waals surface area contributed by atoms with Gasteiger partial charge >= 0.3 is 0 Å². The van der Waals surface area contributed by atoms with E-state index in [2.05, 4.69) is 48.5 Å². The maximum Gasteiger partial charge on any atom is 0.226 e. The highest BCUT2D eigenvalue weighted by atomic mass is 16.2. The number of anilines is 1. The number of carbonyl (C=O) groups is 2. The van der Waals surface area contributed by atoms with Gasteiger partial charge in [0.25, 0.3) is 0 Å². The zero-order valence-corrected chi connectivity index (χ0v) is 16.7. The summed E-state index contributed by atoms with van der Waals surface area (Å²) in [4.78, 5) is 25.5. The van der Waals surface area contributed by atoms with Crippen molar-refractivity contribution in [2.75, 3.05) is 19.4 Å². The van der Waals surface area contributed by atoms with Crippen LogP contribution in [-0.2, 0) is 22.6 Å². The van der Waals surface area contributed by atoms with Gasteiger partial charge in [0.2, 0.25) is 11.8 Å². The van der Waals surface area contributed by atoms with Crippen molar-refractivity contribution in [3.63, 3.8) is 0 Å². The van der Waals surface area contributed by atoms with E-state index in [0.717, 1.165) is 12.8 Å². The van der Waals surface area contributed by atoms with Crippen molar-refractivity contribution in [3.8, 4) is 0 Å². The topological polar surface area (TPSA) is 67.2 Å². The molecule has 0 bridgehead atoms. The maximum absolute atomic E-state index is 12.3. The maximum atomic E-state index is 12.3. The molecule has 0 fully saturated rings. The highest BCUT2D eigenvalue weighted by Crippen LogP contribution is 2.20. The van der Waals surface area contributed by atoms with Gasteiger partial charge in [-0.05, 0) is 29.9 Å². The molecule has 0 radical (unpaired) electrons. The van der Waals surface area contributed by atoms with Crippen LogP contribution in [0.15, 0.2) is 36.5 Å². The Morgan fingerprint density at radius 1 is 1.19 bits per heavy atom. The Kier molecular flexibility index (Phi) is 7.58. The molecule has 0 aliphatic carbocycles. The first-order chi connectivity index (χ1) is 12.9. The molecule has 0 aliphatic rings. The summed E-state index contributed by atoms with van der Waals surface area (Å²) in [5.74, 6) is 0.759. The number of nitrogens with zero attached hydrogens (tertiary/aromatic N) is 3. The second-order valence-electron chi connectivity index (χ2n) is 7.10. The summed E-state index contributed by atoms with van der Waals surface area (Å²) in [5, 5.41) is 7.21. The molecule has 6 nitrogen and oxygen atoms in total. The van der Waals surface area contributed by atoms with Crippen molar-refractivity contribution < 1.29 is 9.59 Å². The summed E-state index contributed by atoms with van der Waals surface area (Å²) in [7, 11) is 3.51. The lowest BCUT2D eigenvalue weighted by Crippen LogP contribution is -2.21. The lowest BCUT2D eigenvalue weighted by Gasteiger charge is -2.12. The molecule has 6 heteroatoms. The van der Waals surface area contributed by atoms with E-state index in [1.54, 1.807) is 29.7 Å². The fraction of sp³-hybridized carbons (Fsp3) is 0.476. The SMILES string of the molecule is CCc1ccc([C@@H](C)CC(=O)Nc2ccn(CCCC(=O)N(C)C)n2)cc1. The first-order valence-corrected chi connectivity index (χ1v) is 9.51. The zero-order valence-electron chi connectivity index (χ0n) is 16.7. The Morgan fingerprint density at radius 3 is 2.52 bits per heavy atom. The number of hydrogen-bond donors (Lipinski definition) is 1. The van der Waals surface area contributed by atoms with Crippen molar-refractivity contribution in [3.05, 3.63) is 47.7 Å². The van der Waals surface area contributed by atoms with Gasteiger partial charge in [0, 0.05) is 45.7 Å². The molecule has 146 valence electrons. The number of benzene rings is 1. The summed E-state index contributed by atoms with van der Waals surface area (Å²) in [6.45, 7) is 4.83. The average Bonchev–Trinajstić information content (AvgIpc) is 3.08. The van der Waals surface area contributed by atoms with Crippen molar-refractivity contribution in [1.29, 1.82) is 0 Å². The van der Waals surface area contributed by atoms with Crippen LogP contribution in [0.5, 0.6) is 0 Å². The van der Waals surface area contributed by atoms with Gasteiger partial charge in [0.05, 0.1) is 0 Å². The van der Waals surface area contributed by atoms with Gasteiger partial charge in [0.15, 0.2) is 5.82 Å². The molecule has 0 spiro atoms. The first kappa shape index (κ1) is 20.7. The molecule has 0 saturated carbocycles. The van der Waals surface area contributed by atoms with Gasteiger partial charge in [-0.2, -0.15) is 5.10 Å². The van der Waals surface area contributed by atoms with Gasteiger partial charge in [-0.1, -0.05) is 38.1 Å². The normalized spacial score (nSPS) is 11.9. The van der Waals surface area contributed by atoms with Gasteiger partial charge < -0.3 is 10.2 Å². The third-order valence-corrected chi connectivity index (χ3v) is 4.63. The molecule has 2 amide bonds. The number of carbonyl (C=O) groups excluding carboxylic acids is 2. The molecule has 0 saturated heterocycles. The molecule has 1 aromatic carbocycles. The molecule has 0 aliphatic heterocycles. The molecule has 27 heavy (non-hydrogen) atoms. The van der Waals surface area contributed by atoms with Crippen LogP contribution < -0.4 is 5.32 Å². The summed E-state index contributed by atoms with van der Waals surface area (Å²) < 4.78 is 1.76. The highest BCUT2D eigenvalue weighted by molar-refractivity contribution is 5.90. The summed E-state index contributed by atoms with van der Waals surface area (Å²) >= 11 is 0. The van der Waals surface area contributed by atoms with Crippen molar-refractivity contribution in [2.45, 2.75) is 52.0 Å². The van der Waals surface area contributed by atoms with E-state index in [0.29, 0.717) is 25.2 Å². The molecule has 1 heterocycles. The average molecular weight is 370 g/mol. The summed E-state index contributed by atoms with van der Waals surface area (Å²) in [6, 6.07) is 10.2. The van der Waals surface area contributed by atoms with Gasteiger partial charge in [-0.3, -0.25) is 14.3 Å². The van der Waals surface area contributed by atoms with Crippen LogP contribution in [0.4, 0.5) is 5.82 Å². The smallest absolute Gasteiger partial charge is 0.226 e. The van der Waals surface area contributed by atoms with E-state index in [9.17, 15) is 9.59 Å². The summed E-state index contributed by atoms with van der Waals surface area (Å²) in [5.41, 5.74) is 2.46. The minimum absolute atomic E-state index is 0.0462. The Morgan fingerprint density at radius 2 is 1.89 bits per heavy atom. The molecule has 0 unspecified atom stereocenters. The quantitative estimate of drug-likeness (QED) is 0.735. The van der Waals surface area contributed by atoms with Crippen LogP contribution in [0.25, 0.3) is 0 Å². The van der Waals surface area contributed by atoms with E-state index in [4.69, 9.17) is 0 Å². The minimum atomic E-state index is -0.0462. The van der Waals surface area contributed by atoms with Crippen LogP contribution in [0.3, 0.4) is 0 Å². The number of aromatic nitrogens is 2. The third kappa shape index (κ3) is 6.55. The van der Waals surface area contributed by atoms with Crippen molar-refractivity contribution in [1.82, 2.24) is 14.7 Å². The number of nitrogens with one attached hydrogen (secondary N) is 1. The van der Waals surface area contributed by atoms with Gasteiger partial charge in [0.1, 0.15) is 0 Å². The number of aryl methyl sites for hydroxylation is 2. The lowest BCUT2D eigenvalue weighted by atomic mass is 9.96. The minimum Gasteiger partial charge on any atom is -0.349 e. The standard InChI is InChI=1S/C21H30N4O2/c1-5-17-8-10-18(11-9-17)16(2)15-20(26)22-19-12-14-25(23-19)13-6-7-21(27)24(3)4/h8-12,14,16H,5-7,13,15H2,1-4H3,(H,22,23,26)/t16-/m0/s1. The fourth-order valence-electron chi connectivity index (χ4n) is 2.84. The lowest BCUT2D eigenvalue weighted by molar-refractivity contribution is -0.128. The Balaban J connectivity index is 1.80. The van der Waals surface area contributed by atoms with E-state index < -0.39 is 0 Å². The van der Waals surface area contributed by atoms with Crippen LogP contribution in [0.1, 0.15) is 50.2 Å². The molecule has 1 aromatic heterocycles. The first-order valence-electron chi connectivity index (χ1n) is 9.51. The molecule has 1 N–H and O–H groups in total. The van der Waals surface area contributed by atoms with E-state index in [1.807, 2.05) is 6.20 Å². The van der Waals surface area contributed by atoms with Crippen LogP contribution in [-0.4, -0.2) is 40.6 Å². The molecule has 2 aromatic rings. The predicted molar refractivity (Wildman–Crippen MR) is 108 cm³/mol. The third-order valence-electron chi connectivity index (χ3n) is 4.63. The Bertz CT molecular complexity index is 750. The van der Waals surface area contributed by atoms with Crippen molar-refractivity contribution in [2.24, 2.45) is 0 Å². The molecule has 2 rings (SSSR count). The summed E-state index contributed by atoms with van der Waals surface area (Å²) in [6.07, 6.45) is 4.46. The van der Waals surface area contributed by atoms with Gasteiger partial charge in [-0.15, -0.1) is 0 Å². The largest absolute Gasteiger partial charge is 0.349 e. The number of amides is 2. The Labute approximate surface area is 161 Å². The second-order valence-corrected chi connectivity index (χ2v) is 7.10. The monoisotopic (exact) mass is 370 g/mol. The molecular formula is C21H30N4O2. The van der Waals surface area contributed by atoms with Crippen LogP contribution in [0, 0.1) is 0 Å². The van der Waals surface area contributed by atoms with Gasteiger partial charge in [-0.25, -0.2) is 0 Å². The highest BCUT2D eigenvalue weighted by Gasteiger charge is 2.13. The van der Waals surface area contributed by atoms with E-state index >= 15 is 0 Å². The number of hydrogen-bond acceptors (Lipinski definition) is 3. The zero-order chi connectivity index (χ0) is 19.8. The van der Waals surface area contributed by atoms with E-state index in [1.165, 1.54) is 11.1 Å². The second kappa shape index (κ2) is 9.90. The fourth-order valence-corrected chi connectivity index (χ4v) is 2.84.